The van der Waals surface area contributed by atoms with E-state index < -0.39 is 0 Å². The second-order valence-electron chi connectivity index (χ2n) is 7.16. The van der Waals surface area contributed by atoms with E-state index in [9.17, 15) is 9.59 Å². The van der Waals surface area contributed by atoms with Crippen LogP contribution in [0.15, 0.2) is 18.2 Å². The first-order chi connectivity index (χ1) is 14.0. The number of likely N-dealkylation sites (tertiary alicyclic amines) is 1. The van der Waals surface area contributed by atoms with Crippen LogP contribution < -0.4 is 9.47 Å². The number of hydrogen-bond acceptors (Lipinski definition) is 5. The first-order valence-electron chi connectivity index (χ1n) is 9.83. The van der Waals surface area contributed by atoms with Crippen LogP contribution in [-0.2, 0) is 9.53 Å². The van der Waals surface area contributed by atoms with Gasteiger partial charge in [0, 0.05) is 25.2 Å². The Hall–Kier alpha value is -2.41. The van der Waals surface area contributed by atoms with Crippen LogP contribution in [0.1, 0.15) is 31.7 Å². The van der Waals surface area contributed by atoms with Crippen LogP contribution >= 0.6 is 11.6 Å². The Morgan fingerprint density at radius 2 is 2.00 bits per heavy atom. The van der Waals surface area contributed by atoms with E-state index in [1.54, 1.807) is 30.2 Å². The van der Waals surface area contributed by atoms with Crippen molar-refractivity contribution in [1.29, 1.82) is 0 Å². The van der Waals surface area contributed by atoms with Crippen LogP contribution in [0, 0.1) is 0 Å². The highest BCUT2D eigenvalue weighted by atomic mass is 35.5. The quantitative estimate of drug-likeness (QED) is 0.655. The van der Waals surface area contributed by atoms with Crippen molar-refractivity contribution in [3.05, 3.63) is 28.8 Å². The molecule has 2 aliphatic heterocycles. The third-order valence-corrected chi connectivity index (χ3v) is 5.88. The zero-order valence-corrected chi connectivity index (χ0v) is 17.8. The molecule has 0 spiro atoms. The third-order valence-electron chi connectivity index (χ3n) is 5.49. The Bertz CT molecular complexity index is 790. The largest absolute Gasteiger partial charge is 0.493 e. The predicted octanol–water partition coefficient (Wildman–Crippen LogP) is 3.59. The van der Waals surface area contributed by atoms with Crippen LogP contribution in [-0.4, -0.2) is 67.8 Å². The van der Waals surface area contributed by atoms with Gasteiger partial charge in [-0.2, -0.15) is 0 Å². The number of halogens is 1. The highest BCUT2D eigenvalue weighted by molar-refractivity contribution is 6.33. The van der Waals surface area contributed by atoms with Crippen LogP contribution in [0.4, 0.5) is 4.79 Å². The van der Waals surface area contributed by atoms with E-state index in [0.29, 0.717) is 41.7 Å². The van der Waals surface area contributed by atoms with Gasteiger partial charge in [0.05, 0.1) is 25.8 Å². The van der Waals surface area contributed by atoms with Gasteiger partial charge in [0.25, 0.3) is 0 Å². The number of amides is 2. The summed E-state index contributed by atoms with van der Waals surface area (Å²) in [6, 6.07) is 3.66. The molecule has 1 aromatic carbocycles. The van der Waals surface area contributed by atoms with Gasteiger partial charge in [-0.05, 0) is 43.0 Å². The number of carbonyl (C=O) groups is 2. The molecule has 29 heavy (non-hydrogen) atoms. The summed E-state index contributed by atoms with van der Waals surface area (Å²) in [6.07, 6.45) is 5.28. The van der Waals surface area contributed by atoms with Crippen molar-refractivity contribution in [2.45, 2.75) is 38.3 Å². The summed E-state index contributed by atoms with van der Waals surface area (Å²) in [4.78, 5) is 28.2. The fourth-order valence-corrected chi connectivity index (χ4v) is 4.05. The number of piperidine rings is 1. The summed E-state index contributed by atoms with van der Waals surface area (Å²) in [5.74, 6) is 0.894. The minimum absolute atomic E-state index is 0.0173. The average Bonchev–Trinajstić information content (AvgIpc) is 3.13. The number of methoxy groups -OCH3 is 2. The molecule has 3 rings (SSSR count). The van der Waals surface area contributed by atoms with Crippen molar-refractivity contribution >= 4 is 29.7 Å². The third kappa shape index (κ3) is 4.61. The van der Waals surface area contributed by atoms with Crippen molar-refractivity contribution < 1.29 is 23.8 Å². The molecule has 2 heterocycles. The number of rotatable bonds is 6. The fraction of sp³-hybridized carbons (Fsp3) is 0.524. The molecule has 0 N–H and O–H groups in total. The van der Waals surface area contributed by atoms with E-state index in [-0.39, 0.29) is 24.1 Å². The van der Waals surface area contributed by atoms with E-state index in [0.717, 1.165) is 19.3 Å². The van der Waals surface area contributed by atoms with Gasteiger partial charge in [-0.1, -0.05) is 18.5 Å². The van der Waals surface area contributed by atoms with Gasteiger partial charge in [0.1, 0.15) is 6.10 Å². The summed E-state index contributed by atoms with van der Waals surface area (Å²) in [5.41, 5.74) is 0.679. The lowest BCUT2D eigenvalue weighted by Gasteiger charge is -2.35. The summed E-state index contributed by atoms with van der Waals surface area (Å²) in [5, 5.41) is 0.396. The molecule has 2 fully saturated rings. The van der Waals surface area contributed by atoms with Gasteiger partial charge < -0.3 is 24.0 Å². The summed E-state index contributed by atoms with van der Waals surface area (Å²) < 4.78 is 15.9. The molecule has 2 amide bonds. The molecule has 7 nitrogen and oxygen atoms in total. The van der Waals surface area contributed by atoms with Crippen molar-refractivity contribution in [2.75, 3.05) is 33.9 Å². The maximum absolute atomic E-state index is 12.6. The molecule has 1 atom stereocenters. The summed E-state index contributed by atoms with van der Waals surface area (Å²) in [6.45, 7) is 3.87. The SMILES string of the molecule is CCC1CN(C2CCN(C(=O)C=Cc3ccc(OC)c(OC)c3Cl)CC2)C(=O)O1. The molecule has 0 bridgehead atoms. The van der Waals surface area contributed by atoms with Gasteiger partial charge in [-0.15, -0.1) is 0 Å². The molecular weight excluding hydrogens is 396 g/mol. The number of carbonyl (C=O) groups excluding carboxylic acids is 2. The number of hydrogen-bond donors (Lipinski definition) is 0. The second-order valence-corrected chi connectivity index (χ2v) is 7.54. The summed E-state index contributed by atoms with van der Waals surface area (Å²) in [7, 11) is 3.06. The lowest BCUT2D eigenvalue weighted by atomic mass is 10.0. The van der Waals surface area contributed by atoms with E-state index in [2.05, 4.69) is 0 Å². The van der Waals surface area contributed by atoms with E-state index in [4.69, 9.17) is 25.8 Å². The van der Waals surface area contributed by atoms with E-state index in [1.807, 2.05) is 11.8 Å². The molecule has 8 heteroatoms. The van der Waals surface area contributed by atoms with Gasteiger partial charge in [-0.25, -0.2) is 4.79 Å². The standard InChI is InChI=1S/C21H27ClN2O5/c1-4-16-13-24(21(26)29-16)15-9-11-23(12-10-15)18(25)8-6-14-5-7-17(27-2)20(28-3)19(14)22/h5-8,15-16H,4,9-13H2,1-3H3. The van der Waals surface area contributed by atoms with Gasteiger partial charge >= 0.3 is 6.09 Å². The van der Waals surface area contributed by atoms with Crippen LogP contribution in [0.3, 0.4) is 0 Å². The predicted molar refractivity (Wildman–Crippen MR) is 110 cm³/mol. The number of benzene rings is 1. The smallest absolute Gasteiger partial charge is 0.410 e. The zero-order chi connectivity index (χ0) is 21.0. The Kier molecular flexibility index (Phi) is 6.90. The highest BCUT2D eigenvalue weighted by Gasteiger charge is 2.37. The molecule has 1 aromatic rings. The first-order valence-corrected chi connectivity index (χ1v) is 10.2. The van der Waals surface area contributed by atoms with Crippen LogP contribution in [0.25, 0.3) is 6.08 Å². The zero-order valence-electron chi connectivity index (χ0n) is 17.0. The number of cyclic esters (lactones) is 1. The maximum atomic E-state index is 12.6. The molecule has 2 saturated heterocycles. The molecule has 0 aliphatic carbocycles. The Morgan fingerprint density at radius 3 is 2.59 bits per heavy atom. The van der Waals surface area contributed by atoms with Crippen molar-refractivity contribution in [3.8, 4) is 11.5 Å². The lowest BCUT2D eigenvalue weighted by Crippen LogP contribution is -2.46. The molecule has 0 radical (unpaired) electrons. The highest BCUT2D eigenvalue weighted by Crippen LogP contribution is 2.37. The first kappa shape index (κ1) is 21.3. The van der Waals surface area contributed by atoms with Crippen LogP contribution in [0.5, 0.6) is 11.5 Å². The monoisotopic (exact) mass is 422 g/mol. The molecule has 0 saturated carbocycles. The van der Waals surface area contributed by atoms with E-state index in [1.165, 1.54) is 13.2 Å². The Balaban J connectivity index is 1.58. The van der Waals surface area contributed by atoms with Gasteiger partial charge in [0.2, 0.25) is 5.91 Å². The lowest BCUT2D eigenvalue weighted by molar-refractivity contribution is -0.127. The number of ether oxygens (including phenoxy) is 3. The van der Waals surface area contributed by atoms with Crippen LogP contribution in [0.2, 0.25) is 5.02 Å². The van der Waals surface area contributed by atoms with Crippen molar-refractivity contribution in [2.24, 2.45) is 0 Å². The number of nitrogens with zero attached hydrogens (tertiary/aromatic N) is 2. The topological polar surface area (TPSA) is 68.3 Å². The molecule has 2 aliphatic rings. The van der Waals surface area contributed by atoms with Crippen molar-refractivity contribution in [1.82, 2.24) is 9.80 Å². The van der Waals surface area contributed by atoms with Crippen molar-refractivity contribution in [3.63, 3.8) is 0 Å². The molecular formula is C21H27ClN2O5. The minimum atomic E-state index is -0.232. The molecule has 158 valence electrons. The van der Waals surface area contributed by atoms with Gasteiger partial charge in [-0.3, -0.25) is 4.79 Å². The Morgan fingerprint density at radius 1 is 1.28 bits per heavy atom. The fourth-order valence-electron chi connectivity index (χ4n) is 3.75. The average molecular weight is 423 g/mol. The van der Waals surface area contributed by atoms with E-state index >= 15 is 0 Å². The van der Waals surface area contributed by atoms with Gasteiger partial charge in [0.15, 0.2) is 11.5 Å². The molecule has 1 unspecified atom stereocenters. The second kappa shape index (κ2) is 9.39. The summed E-state index contributed by atoms with van der Waals surface area (Å²) >= 11 is 6.36. The molecule has 0 aromatic heterocycles. The minimum Gasteiger partial charge on any atom is -0.493 e. The maximum Gasteiger partial charge on any atom is 0.410 e. The Labute approximate surface area is 176 Å². The normalized spacial score (nSPS) is 20.3.